The topological polar surface area (TPSA) is 52.6 Å². The smallest absolute Gasteiger partial charge is 0.335 e. The molecule has 1 aromatic carbocycles. The first-order valence-corrected chi connectivity index (χ1v) is 4.66. The number of rotatable bonds is 4. The summed E-state index contributed by atoms with van der Waals surface area (Å²) >= 11 is 0. The van der Waals surface area contributed by atoms with E-state index in [9.17, 15) is 9.59 Å². The zero-order valence-corrected chi connectivity index (χ0v) is 8.93. The second-order valence-electron chi connectivity index (χ2n) is 2.99. The maximum absolute atomic E-state index is 11.1. The summed E-state index contributed by atoms with van der Waals surface area (Å²) in [7, 11) is 1.31. The summed E-state index contributed by atoms with van der Waals surface area (Å²) in [6, 6.07) is 6.78. The predicted molar refractivity (Wildman–Crippen MR) is 58.0 cm³/mol. The Hall–Kier alpha value is -2.10. The van der Waals surface area contributed by atoms with Gasteiger partial charge in [-0.15, -0.1) is 0 Å². The van der Waals surface area contributed by atoms with Gasteiger partial charge in [0.15, 0.2) is 0 Å². The SMILES string of the molecule is C=CC(=O)Oc1ccccc1CC(=O)OC. The number of methoxy groups -OCH3 is 1. The van der Waals surface area contributed by atoms with Gasteiger partial charge in [0.25, 0.3) is 0 Å². The lowest BCUT2D eigenvalue weighted by Crippen LogP contribution is -2.09. The standard InChI is InChI=1S/C12H12O4/c1-3-11(13)16-10-7-5-4-6-9(10)8-12(14)15-2/h3-7H,1,8H2,2H3. The molecule has 4 nitrogen and oxygen atoms in total. The van der Waals surface area contributed by atoms with Crippen molar-refractivity contribution < 1.29 is 19.1 Å². The molecule has 0 saturated heterocycles. The molecule has 0 saturated carbocycles. The second-order valence-corrected chi connectivity index (χ2v) is 2.99. The van der Waals surface area contributed by atoms with Crippen LogP contribution < -0.4 is 4.74 Å². The molecule has 4 heteroatoms. The van der Waals surface area contributed by atoms with Crippen LogP contribution >= 0.6 is 0 Å². The zero-order valence-electron chi connectivity index (χ0n) is 8.93. The van der Waals surface area contributed by atoms with Crippen molar-refractivity contribution in [3.63, 3.8) is 0 Å². The molecule has 0 unspecified atom stereocenters. The molecule has 0 aliphatic rings. The lowest BCUT2D eigenvalue weighted by Gasteiger charge is -2.07. The molecule has 0 atom stereocenters. The molecule has 0 spiro atoms. The molecule has 0 heterocycles. The first-order chi connectivity index (χ1) is 7.67. The average molecular weight is 220 g/mol. The summed E-state index contributed by atoms with van der Waals surface area (Å²) in [5, 5.41) is 0. The van der Waals surface area contributed by atoms with Crippen LogP contribution in [0.3, 0.4) is 0 Å². The Balaban J connectivity index is 2.87. The number of esters is 2. The van der Waals surface area contributed by atoms with Crippen molar-refractivity contribution >= 4 is 11.9 Å². The molecule has 1 aromatic rings. The molecule has 84 valence electrons. The number of carbonyl (C=O) groups is 2. The van der Waals surface area contributed by atoms with Crippen LogP contribution in [0, 0.1) is 0 Å². The monoisotopic (exact) mass is 220 g/mol. The van der Waals surface area contributed by atoms with Crippen LogP contribution in [0.15, 0.2) is 36.9 Å². The Morgan fingerprint density at radius 2 is 2.06 bits per heavy atom. The van der Waals surface area contributed by atoms with E-state index in [0.29, 0.717) is 11.3 Å². The van der Waals surface area contributed by atoms with Gasteiger partial charge >= 0.3 is 11.9 Å². The Bertz CT molecular complexity index is 409. The largest absolute Gasteiger partial charge is 0.469 e. The van der Waals surface area contributed by atoms with Crippen molar-refractivity contribution in [3.05, 3.63) is 42.5 Å². The number of carbonyl (C=O) groups excluding carboxylic acids is 2. The Labute approximate surface area is 93.5 Å². The molecule has 0 aliphatic carbocycles. The molecule has 0 aliphatic heterocycles. The lowest BCUT2D eigenvalue weighted by molar-refractivity contribution is -0.140. The van der Waals surface area contributed by atoms with Crippen molar-refractivity contribution in [1.82, 2.24) is 0 Å². The van der Waals surface area contributed by atoms with Crippen LogP contribution in [0.5, 0.6) is 5.75 Å². The third-order valence-electron chi connectivity index (χ3n) is 1.91. The highest BCUT2D eigenvalue weighted by Gasteiger charge is 2.10. The summed E-state index contributed by atoms with van der Waals surface area (Å²) in [5.41, 5.74) is 0.601. The van der Waals surface area contributed by atoms with Gasteiger partial charge in [-0.05, 0) is 6.07 Å². The zero-order chi connectivity index (χ0) is 12.0. The fourth-order valence-electron chi connectivity index (χ4n) is 1.13. The fraction of sp³-hybridized carbons (Fsp3) is 0.167. The molecule has 0 amide bonds. The molecule has 0 radical (unpaired) electrons. The van der Waals surface area contributed by atoms with Gasteiger partial charge in [0, 0.05) is 11.6 Å². The van der Waals surface area contributed by atoms with E-state index in [1.165, 1.54) is 7.11 Å². The first kappa shape index (κ1) is 12.0. The van der Waals surface area contributed by atoms with Gasteiger partial charge in [-0.2, -0.15) is 0 Å². The van der Waals surface area contributed by atoms with Crippen molar-refractivity contribution in [2.45, 2.75) is 6.42 Å². The van der Waals surface area contributed by atoms with Gasteiger partial charge in [-0.3, -0.25) is 4.79 Å². The summed E-state index contributed by atoms with van der Waals surface area (Å²) in [4.78, 5) is 22.1. The van der Waals surface area contributed by atoms with E-state index in [0.717, 1.165) is 6.08 Å². The van der Waals surface area contributed by atoms with Crippen LogP contribution in [0.25, 0.3) is 0 Å². The molecular formula is C12H12O4. The van der Waals surface area contributed by atoms with Crippen molar-refractivity contribution in [3.8, 4) is 5.75 Å². The van der Waals surface area contributed by atoms with E-state index >= 15 is 0 Å². The van der Waals surface area contributed by atoms with Crippen molar-refractivity contribution in [2.75, 3.05) is 7.11 Å². The van der Waals surface area contributed by atoms with Crippen LogP contribution in [0.2, 0.25) is 0 Å². The average Bonchev–Trinajstić information content (AvgIpc) is 2.31. The van der Waals surface area contributed by atoms with E-state index in [1.807, 2.05) is 0 Å². The van der Waals surface area contributed by atoms with Gasteiger partial charge in [0.2, 0.25) is 0 Å². The maximum atomic E-state index is 11.1. The Morgan fingerprint density at radius 1 is 1.38 bits per heavy atom. The highest BCUT2D eigenvalue weighted by molar-refractivity contribution is 5.84. The van der Waals surface area contributed by atoms with E-state index in [4.69, 9.17) is 4.74 Å². The van der Waals surface area contributed by atoms with Gasteiger partial charge < -0.3 is 9.47 Å². The first-order valence-electron chi connectivity index (χ1n) is 4.66. The van der Waals surface area contributed by atoms with Gasteiger partial charge in [-0.1, -0.05) is 24.8 Å². The summed E-state index contributed by atoms with van der Waals surface area (Å²) < 4.78 is 9.52. The number of hydrogen-bond acceptors (Lipinski definition) is 4. The van der Waals surface area contributed by atoms with Gasteiger partial charge in [0.1, 0.15) is 5.75 Å². The van der Waals surface area contributed by atoms with E-state index < -0.39 is 5.97 Å². The second kappa shape index (κ2) is 5.70. The highest BCUT2D eigenvalue weighted by atomic mass is 16.5. The van der Waals surface area contributed by atoms with Crippen LogP contribution in [-0.2, 0) is 20.7 Å². The Morgan fingerprint density at radius 3 is 2.69 bits per heavy atom. The lowest BCUT2D eigenvalue weighted by atomic mass is 10.1. The summed E-state index contributed by atoms with van der Waals surface area (Å²) in [5.74, 6) is -0.600. The van der Waals surface area contributed by atoms with Crippen LogP contribution in [0.1, 0.15) is 5.56 Å². The minimum Gasteiger partial charge on any atom is -0.469 e. The molecular weight excluding hydrogens is 208 g/mol. The quantitative estimate of drug-likeness (QED) is 0.438. The van der Waals surface area contributed by atoms with Gasteiger partial charge in [0.05, 0.1) is 13.5 Å². The Kier molecular flexibility index (Phi) is 4.27. The minimum absolute atomic E-state index is 0.0666. The highest BCUT2D eigenvalue weighted by Crippen LogP contribution is 2.19. The summed E-state index contributed by atoms with van der Waals surface area (Å²) in [6.45, 7) is 3.30. The van der Waals surface area contributed by atoms with Crippen LogP contribution in [-0.4, -0.2) is 19.0 Å². The van der Waals surface area contributed by atoms with Gasteiger partial charge in [-0.25, -0.2) is 4.79 Å². The van der Waals surface area contributed by atoms with E-state index in [-0.39, 0.29) is 12.4 Å². The van der Waals surface area contributed by atoms with Crippen LogP contribution in [0.4, 0.5) is 0 Å². The number of hydrogen-bond donors (Lipinski definition) is 0. The summed E-state index contributed by atoms with van der Waals surface area (Å²) in [6.07, 6.45) is 1.13. The molecule has 1 rings (SSSR count). The molecule has 0 aromatic heterocycles. The maximum Gasteiger partial charge on any atom is 0.335 e. The molecule has 0 N–H and O–H groups in total. The number of para-hydroxylation sites is 1. The van der Waals surface area contributed by atoms with E-state index in [1.54, 1.807) is 24.3 Å². The van der Waals surface area contributed by atoms with Crippen molar-refractivity contribution in [2.24, 2.45) is 0 Å². The third-order valence-corrected chi connectivity index (χ3v) is 1.91. The normalized spacial score (nSPS) is 9.31. The predicted octanol–water partition coefficient (Wildman–Crippen LogP) is 1.49. The minimum atomic E-state index is -0.558. The number of benzene rings is 1. The third kappa shape index (κ3) is 3.24. The fourth-order valence-corrected chi connectivity index (χ4v) is 1.13. The molecule has 0 fully saturated rings. The molecule has 0 bridgehead atoms. The van der Waals surface area contributed by atoms with Crippen molar-refractivity contribution in [1.29, 1.82) is 0 Å². The molecule has 16 heavy (non-hydrogen) atoms. The number of ether oxygens (including phenoxy) is 2. The van der Waals surface area contributed by atoms with E-state index in [2.05, 4.69) is 11.3 Å².